The molecule has 0 saturated heterocycles. The Balaban J connectivity index is 2.40. The van der Waals surface area contributed by atoms with Crippen LogP contribution in [0, 0.1) is 34.5 Å². The molecule has 70 valence electrons. The summed E-state index contributed by atoms with van der Waals surface area (Å²) in [5.74, 6) is 0.276. The second-order valence-electron chi connectivity index (χ2n) is 3.41. The Morgan fingerprint density at radius 1 is 0.929 bits per heavy atom. The SMILES string of the molecule is N#CC1=C[C@H](Br)[C@H]2C(C#N)=C[C@@H](Br)[C@@H]12. The Bertz CT molecular complexity index is 371. The van der Waals surface area contributed by atoms with Crippen LogP contribution in [0.5, 0.6) is 0 Å². The van der Waals surface area contributed by atoms with E-state index < -0.39 is 0 Å². The Kier molecular flexibility index (Phi) is 2.51. The van der Waals surface area contributed by atoms with Crippen molar-refractivity contribution in [2.45, 2.75) is 9.65 Å². The number of alkyl halides is 2. The van der Waals surface area contributed by atoms with E-state index in [1.807, 2.05) is 12.2 Å². The Morgan fingerprint density at radius 2 is 1.29 bits per heavy atom. The van der Waals surface area contributed by atoms with Crippen molar-refractivity contribution in [3.8, 4) is 12.1 Å². The van der Waals surface area contributed by atoms with Crippen molar-refractivity contribution in [1.29, 1.82) is 10.5 Å². The van der Waals surface area contributed by atoms with E-state index in [0.29, 0.717) is 0 Å². The van der Waals surface area contributed by atoms with E-state index in [0.717, 1.165) is 11.1 Å². The van der Waals surface area contributed by atoms with E-state index in [1.165, 1.54) is 0 Å². The van der Waals surface area contributed by atoms with Gasteiger partial charge in [0.15, 0.2) is 0 Å². The third kappa shape index (κ3) is 1.26. The molecule has 0 saturated carbocycles. The highest BCUT2D eigenvalue weighted by molar-refractivity contribution is 9.10. The Hall–Kier alpha value is -0.580. The molecular weight excluding hydrogens is 308 g/mol. The quantitative estimate of drug-likeness (QED) is 0.646. The minimum absolute atomic E-state index is 0.121. The third-order valence-corrected chi connectivity index (χ3v) is 4.39. The lowest BCUT2D eigenvalue weighted by Crippen LogP contribution is -2.18. The highest BCUT2D eigenvalue weighted by atomic mass is 79.9. The van der Waals surface area contributed by atoms with Crippen LogP contribution >= 0.6 is 31.9 Å². The topological polar surface area (TPSA) is 47.6 Å². The minimum Gasteiger partial charge on any atom is -0.193 e. The average molecular weight is 314 g/mol. The van der Waals surface area contributed by atoms with E-state index in [4.69, 9.17) is 10.5 Å². The summed E-state index contributed by atoms with van der Waals surface area (Å²) in [5.41, 5.74) is 1.56. The molecule has 0 fully saturated rings. The molecule has 0 aromatic heterocycles. The van der Waals surface area contributed by atoms with Crippen LogP contribution in [0.2, 0.25) is 0 Å². The van der Waals surface area contributed by atoms with Crippen LogP contribution in [-0.2, 0) is 0 Å². The fourth-order valence-electron chi connectivity index (χ4n) is 2.12. The molecule has 0 amide bonds. The molecule has 2 rings (SSSR count). The molecule has 0 N–H and O–H groups in total. The van der Waals surface area contributed by atoms with Crippen molar-refractivity contribution in [3.05, 3.63) is 23.3 Å². The molecule has 4 heteroatoms. The van der Waals surface area contributed by atoms with Gasteiger partial charge in [0, 0.05) is 32.6 Å². The number of halogens is 2. The van der Waals surface area contributed by atoms with E-state index in [2.05, 4.69) is 44.0 Å². The van der Waals surface area contributed by atoms with E-state index in [9.17, 15) is 0 Å². The normalized spacial score (nSPS) is 39.4. The zero-order chi connectivity index (χ0) is 10.3. The zero-order valence-corrected chi connectivity index (χ0v) is 10.3. The first-order valence-electron chi connectivity index (χ1n) is 4.21. The fraction of sp³-hybridized carbons (Fsp3) is 0.400. The maximum atomic E-state index is 8.94. The van der Waals surface area contributed by atoms with Crippen LogP contribution in [0.25, 0.3) is 0 Å². The third-order valence-electron chi connectivity index (χ3n) is 2.73. The predicted molar refractivity (Wildman–Crippen MR) is 59.8 cm³/mol. The van der Waals surface area contributed by atoms with Crippen molar-refractivity contribution in [1.82, 2.24) is 0 Å². The molecule has 14 heavy (non-hydrogen) atoms. The number of allylic oxidation sites excluding steroid dienone is 4. The lowest BCUT2D eigenvalue weighted by molar-refractivity contribution is 0.550. The molecule has 0 unspecified atom stereocenters. The van der Waals surface area contributed by atoms with Crippen LogP contribution in [-0.4, -0.2) is 9.65 Å². The Labute approximate surface area is 99.2 Å². The number of nitrogens with zero attached hydrogens (tertiary/aromatic N) is 2. The summed E-state index contributed by atoms with van der Waals surface area (Å²) < 4.78 is 0. The minimum atomic E-state index is 0.121. The fourth-order valence-corrected chi connectivity index (χ4v) is 3.92. The maximum absolute atomic E-state index is 8.94. The molecule has 0 aromatic carbocycles. The summed E-state index contributed by atoms with van der Waals surface area (Å²) in [6, 6.07) is 4.40. The molecule has 0 aliphatic heterocycles. The molecule has 2 aliphatic rings. The van der Waals surface area contributed by atoms with E-state index >= 15 is 0 Å². The van der Waals surface area contributed by atoms with Crippen LogP contribution in [0.15, 0.2) is 23.3 Å². The summed E-state index contributed by atoms with van der Waals surface area (Å²) in [4.78, 5) is 0.242. The Morgan fingerprint density at radius 3 is 1.57 bits per heavy atom. The smallest absolute Gasteiger partial charge is 0.0947 e. The summed E-state index contributed by atoms with van der Waals surface area (Å²) in [6.45, 7) is 0. The molecule has 2 aliphatic carbocycles. The largest absolute Gasteiger partial charge is 0.193 e. The molecule has 2 nitrogen and oxygen atoms in total. The van der Waals surface area contributed by atoms with Gasteiger partial charge in [-0.15, -0.1) is 0 Å². The molecule has 0 bridgehead atoms. The van der Waals surface area contributed by atoms with Gasteiger partial charge in [-0.2, -0.15) is 10.5 Å². The highest BCUT2D eigenvalue weighted by Crippen LogP contribution is 2.48. The zero-order valence-electron chi connectivity index (χ0n) is 7.11. The first-order valence-corrected chi connectivity index (χ1v) is 6.04. The van der Waals surface area contributed by atoms with Crippen molar-refractivity contribution >= 4 is 31.9 Å². The summed E-state index contributed by atoms with van der Waals surface area (Å²) >= 11 is 6.99. The van der Waals surface area contributed by atoms with Crippen LogP contribution in [0.1, 0.15) is 0 Å². The standard InChI is InChI=1S/C10H6Br2N2/c11-7-1-5(3-13)9-8(12)2-6(4-14)10(7)9/h1-2,7-10H/t7-,8+,9-,10-/m1/s1. The van der Waals surface area contributed by atoms with Gasteiger partial charge in [0.2, 0.25) is 0 Å². The van der Waals surface area contributed by atoms with Gasteiger partial charge in [0.05, 0.1) is 12.1 Å². The average Bonchev–Trinajstić information content (AvgIpc) is 2.67. The van der Waals surface area contributed by atoms with Crippen molar-refractivity contribution in [2.24, 2.45) is 11.8 Å². The predicted octanol–water partition coefficient (Wildman–Crippen LogP) is 2.67. The molecule has 0 radical (unpaired) electrons. The van der Waals surface area contributed by atoms with Crippen LogP contribution in [0.3, 0.4) is 0 Å². The van der Waals surface area contributed by atoms with E-state index in [-0.39, 0.29) is 21.5 Å². The number of hydrogen-bond donors (Lipinski definition) is 0. The van der Waals surface area contributed by atoms with Crippen LogP contribution < -0.4 is 0 Å². The second kappa shape index (κ2) is 3.53. The second-order valence-corrected chi connectivity index (χ2v) is 5.52. The van der Waals surface area contributed by atoms with Gasteiger partial charge in [-0.1, -0.05) is 44.0 Å². The first kappa shape index (κ1) is 9.96. The maximum Gasteiger partial charge on any atom is 0.0947 e. The van der Waals surface area contributed by atoms with Gasteiger partial charge in [-0.25, -0.2) is 0 Å². The lowest BCUT2D eigenvalue weighted by atomic mass is 9.91. The van der Waals surface area contributed by atoms with Crippen molar-refractivity contribution in [3.63, 3.8) is 0 Å². The van der Waals surface area contributed by atoms with Crippen molar-refractivity contribution in [2.75, 3.05) is 0 Å². The van der Waals surface area contributed by atoms with Gasteiger partial charge in [0.1, 0.15) is 0 Å². The van der Waals surface area contributed by atoms with Gasteiger partial charge >= 0.3 is 0 Å². The van der Waals surface area contributed by atoms with E-state index in [1.54, 1.807) is 0 Å². The first-order chi connectivity index (χ1) is 6.69. The molecule has 4 atom stereocenters. The van der Waals surface area contributed by atoms with Crippen molar-refractivity contribution < 1.29 is 0 Å². The number of fused-ring (bicyclic) bond motifs is 1. The number of rotatable bonds is 0. The van der Waals surface area contributed by atoms with Gasteiger partial charge in [0.25, 0.3) is 0 Å². The molecular formula is C10H6Br2N2. The van der Waals surface area contributed by atoms with Gasteiger partial charge in [-0.05, 0) is 0 Å². The van der Waals surface area contributed by atoms with Gasteiger partial charge in [-0.3, -0.25) is 0 Å². The monoisotopic (exact) mass is 312 g/mol. The summed E-state index contributed by atoms with van der Waals surface area (Å²) in [7, 11) is 0. The number of nitriles is 2. The van der Waals surface area contributed by atoms with Crippen LogP contribution in [0.4, 0.5) is 0 Å². The summed E-state index contributed by atoms with van der Waals surface area (Å²) in [5, 5.41) is 17.9. The highest BCUT2D eigenvalue weighted by Gasteiger charge is 2.45. The number of hydrogen-bond acceptors (Lipinski definition) is 2. The summed E-state index contributed by atoms with van der Waals surface area (Å²) in [6.07, 6.45) is 3.82. The van der Waals surface area contributed by atoms with Gasteiger partial charge < -0.3 is 0 Å². The molecule has 0 aromatic rings. The molecule has 0 heterocycles. The molecule has 0 spiro atoms. The lowest BCUT2D eigenvalue weighted by Gasteiger charge is -2.16.